The molecule has 0 atom stereocenters. The van der Waals surface area contributed by atoms with Gasteiger partial charge in [-0.15, -0.1) is 0 Å². The van der Waals surface area contributed by atoms with Crippen LogP contribution in [0.1, 0.15) is 28.8 Å². The van der Waals surface area contributed by atoms with Crippen molar-refractivity contribution >= 4 is 17.9 Å². The molecule has 36 heavy (non-hydrogen) atoms. The van der Waals surface area contributed by atoms with Gasteiger partial charge in [-0.3, -0.25) is 9.59 Å². The summed E-state index contributed by atoms with van der Waals surface area (Å²) in [5, 5.41) is 7.89. The molecule has 2 amide bonds. The summed E-state index contributed by atoms with van der Waals surface area (Å²) in [7, 11) is 0. The van der Waals surface area contributed by atoms with Gasteiger partial charge < -0.3 is 10.2 Å². The fraction of sp³-hybridized carbons (Fsp3) is 0.167. The fourth-order valence-corrected chi connectivity index (χ4v) is 4.41. The summed E-state index contributed by atoms with van der Waals surface area (Å²) in [4.78, 5) is 27.2. The van der Waals surface area contributed by atoms with Crippen LogP contribution in [0, 0.1) is 0 Å². The molecule has 1 aromatic heterocycles. The Labute approximate surface area is 210 Å². The molecule has 1 N–H and O–H groups in total. The molecule has 0 radical (unpaired) electrons. The van der Waals surface area contributed by atoms with Gasteiger partial charge in [0.1, 0.15) is 0 Å². The highest BCUT2D eigenvalue weighted by molar-refractivity contribution is 5.94. The number of piperidine rings is 1. The van der Waals surface area contributed by atoms with E-state index in [1.54, 1.807) is 6.08 Å². The molecule has 1 aliphatic rings. The second kappa shape index (κ2) is 10.9. The first-order chi connectivity index (χ1) is 17.7. The predicted octanol–water partition coefficient (Wildman–Crippen LogP) is 4.97. The number of benzene rings is 3. The number of carbonyl (C=O) groups is 2. The van der Waals surface area contributed by atoms with Crippen molar-refractivity contribution < 1.29 is 9.59 Å². The van der Waals surface area contributed by atoms with Crippen molar-refractivity contribution in [3.05, 3.63) is 114 Å². The molecular formula is C30H28N4O2. The third-order valence-corrected chi connectivity index (χ3v) is 6.39. The summed E-state index contributed by atoms with van der Waals surface area (Å²) in [6.07, 6.45) is 6.90. The molecule has 0 bridgehead atoms. The van der Waals surface area contributed by atoms with E-state index < -0.39 is 0 Å². The summed E-state index contributed by atoms with van der Waals surface area (Å²) < 4.78 is 1.84. The van der Waals surface area contributed by atoms with Crippen LogP contribution in [0.2, 0.25) is 0 Å². The zero-order valence-electron chi connectivity index (χ0n) is 20.0. The average molecular weight is 477 g/mol. The zero-order chi connectivity index (χ0) is 24.7. The Bertz CT molecular complexity index is 1340. The van der Waals surface area contributed by atoms with E-state index in [0.29, 0.717) is 18.7 Å². The van der Waals surface area contributed by atoms with E-state index in [1.165, 1.54) is 0 Å². The number of likely N-dealkylation sites (tertiary alicyclic amines) is 1. The number of amides is 2. The third kappa shape index (κ3) is 5.44. The first kappa shape index (κ1) is 23.3. The molecule has 0 aliphatic carbocycles. The Morgan fingerprint density at radius 2 is 1.44 bits per heavy atom. The van der Waals surface area contributed by atoms with E-state index in [4.69, 9.17) is 5.10 Å². The molecule has 4 aromatic rings. The number of aromatic nitrogens is 2. The lowest BCUT2D eigenvalue weighted by molar-refractivity contribution is -0.126. The standard InChI is InChI=1S/C30H28N4O2/c35-28(33-20-18-26(19-21-33)31-30(36)24-12-6-2-7-13-24)17-16-25-22-34(27-14-8-3-9-15-27)32-29(25)23-10-4-1-5-11-23/h1-17,22,26H,18-21H2,(H,31,36)/b17-16+. The lowest BCUT2D eigenvalue weighted by atomic mass is 10.0. The fourth-order valence-electron chi connectivity index (χ4n) is 4.41. The number of para-hydroxylation sites is 1. The minimum absolute atomic E-state index is 0.0330. The van der Waals surface area contributed by atoms with Gasteiger partial charge >= 0.3 is 0 Å². The van der Waals surface area contributed by atoms with Crippen LogP contribution >= 0.6 is 0 Å². The molecule has 0 spiro atoms. The van der Waals surface area contributed by atoms with E-state index in [2.05, 4.69) is 5.32 Å². The minimum Gasteiger partial charge on any atom is -0.349 e. The number of nitrogens with one attached hydrogen (secondary N) is 1. The molecule has 5 rings (SSSR count). The van der Waals surface area contributed by atoms with Crippen molar-refractivity contribution in [2.24, 2.45) is 0 Å². The molecule has 1 fully saturated rings. The van der Waals surface area contributed by atoms with Crippen LogP contribution in [0.15, 0.2) is 103 Å². The van der Waals surface area contributed by atoms with Crippen LogP contribution in [0.3, 0.4) is 0 Å². The zero-order valence-corrected chi connectivity index (χ0v) is 20.0. The van der Waals surface area contributed by atoms with Gasteiger partial charge in [0.25, 0.3) is 5.91 Å². The number of hydrogen-bond donors (Lipinski definition) is 1. The predicted molar refractivity (Wildman–Crippen MR) is 142 cm³/mol. The van der Waals surface area contributed by atoms with Crippen molar-refractivity contribution in [2.75, 3.05) is 13.1 Å². The van der Waals surface area contributed by atoms with Gasteiger partial charge in [-0.05, 0) is 43.2 Å². The lowest BCUT2D eigenvalue weighted by Gasteiger charge is -2.31. The minimum atomic E-state index is -0.0656. The van der Waals surface area contributed by atoms with Gasteiger partial charge in [0.15, 0.2) is 0 Å². The van der Waals surface area contributed by atoms with Crippen molar-refractivity contribution in [3.8, 4) is 16.9 Å². The summed E-state index contributed by atoms with van der Waals surface area (Å²) in [5.74, 6) is -0.0987. The second-order valence-electron chi connectivity index (χ2n) is 8.85. The number of rotatable bonds is 6. The van der Waals surface area contributed by atoms with E-state index in [0.717, 1.165) is 35.3 Å². The molecule has 3 aromatic carbocycles. The summed E-state index contributed by atoms with van der Waals surface area (Å²) in [6, 6.07) is 29.2. The SMILES string of the molecule is O=C(NC1CCN(C(=O)/C=C/c2cn(-c3ccccc3)nc2-c2ccccc2)CC1)c1ccccc1. The number of nitrogens with zero attached hydrogens (tertiary/aromatic N) is 3. The number of hydrogen-bond acceptors (Lipinski definition) is 3. The average Bonchev–Trinajstić information content (AvgIpc) is 3.38. The Hall–Kier alpha value is -4.45. The normalized spacial score (nSPS) is 14.2. The monoisotopic (exact) mass is 476 g/mol. The van der Waals surface area contributed by atoms with E-state index in [1.807, 2.05) is 113 Å². The van der Waals surface area contributed by atoms with Crippen LogP contribution in [0.25, 0.3) is 23.0 Å². The van der Waals surface area contributed by atoms with Gasteiger partial charge in [-0.25, -0.2) is 4.68 Å². The molecule has 6 heteroatoms. The smallest absolute Gasteiger partial charge is 0.251 e. The first-order valence-corrected chi connectivity index (χ1v) is 12.2. The molecular weight excluding hydrogens is 448 g/mol. The molecule has 0 saturated carbocycles. The van der Waals surface area contributed by atoms with E-state index in [9.17, 15) is 9.59 Å². The maximum Gasteiger partial charge on any atom is 0.251 e. The number of carbonyl (C=O) groups excluding carboxylic acids is 2. The molecule has 1 saturated heterocycles. The van der Waals surface area contributed by atoms with Crippen LogP contribution in [-0.4, -0.2) is 45.6 Å². The Morgan fingerprint density at radius 3 is 2.11 bits per heavy atom. The van der Waals surface area contributed by atoms with Crippen molar-refractivity contribution in [1.29, 1.82) is 0 Å². The highest BCUT2D eigenvalue weighted by atomic mass is 16.2. The van der Waals surface area contributed by atoms with Crippen LogP contribution < -0.4 is 5.32 Å². The summed E-state index contributed by atoms with van der Waals surface area (Å²) in [5.41, 5.74) is 4.31. The van der Waals surface area contributed by atoms with Crippen LogP contribution in [0.5, 0.6) is 0 Å². The summed E-state index contributed by atoms with van der Waals surface area (Å²) >= 11 is 0. The molecule has 2 heterocycles. The highest BCUT2D eigenvalue weighted by Crippen LogP contribution is 2.25. The van der Waals surface area contributed by atoms with Crippen molar-refractivity contribution in [3.63, 3.8) is 0 Å². The molecule has 0 unspecified atom stereocenters. The highest BCUT2D eigenvalue weighted by Gasteiger charge is 2.23. The third-order valence-electron chi connectivity index (χ3n) is 6.39. The van der Waals surface area contributed by atoms with Gasteiger partial charge in [0.2, 0.25) is 5.91 Å². The largest absolute Gasteiger partial charge is 0.349 e. The topological polar surface area (TPSA) is 67.2 Å². The Kier molecular flexibility index (Phi) is 7.03. The lowest BCUT2D eigenvalue weighted by Crippen LogP contribution is -2.46. The van der Waals surface area contributed by atoms with E-state index in [-0.39, 0.29) is 17.9 Å². The maximum absolute atomic E-state index is 13.0. The second-order valence-corrected chi connectivity index (χ2v) is 8.85. The van der Waals surface area contributed by atoms with Gasteiger partial charge in [0, 0.05) is 48.1 Å². The van der Waals surface area contributed by atoms with E-state index >= 15 is 0 Å². The molecule has 6 nitrogen and oxygen atoms in total. The van der Waals surface area contributed by atoms with Crippen molar-refractivity contribution in [2.45, 2.75) is 18.9 Å². The maximum atomic E-state index is 13.0. The Morgan fingerprint density at radius 1 is 0.833 bits per heavy atom. The van der Waals surface area contributed by atoms with Crippen LogP contribution in [0.4, 0.5) is 0 Å². The molecule has 1 aliphatic heterocycles. The Balaban J connectivity index is 1.25. The van der Waals surface area contributed by atoms with Crippen LogP contribution in [-0.2, 0) is 4.79 Å². The van der Waals surface area contributed by atoms with Crippen molar-refractivity contribution in [1.82, 2.24) is 20.0 Å². The quantitative estimate of drug-likeness (QED) is 0.400. The first-order valence-electron chi connectivity index (χ1n) is 12.2. The van der Waals surface area contributed by atoms with Gasteiger partial charge in [0.05, 0.1) is 11.4 Å². The summed E-state index contributed by atoms with van der Waals surface area (Å²) in [6.45, 7) is 1.22. The van der Waals surface area contributed by atoms with Gasteiger partial charge in [-0.2, -0.15) is 5.10 Å². The molecule has 180 valence electrons. The van der Waals surface area contributed by atoms with Gasteiger partial charge in [-0.1, -0.05) is 66.7 Å².